The van der Waals surface area contributed by atoms with E-state index in [0.717, 1.165) is 12.8 Å². The van der Waals surface area contributed by atoms with Gasteiger partial charge in [0.05, 0.1) is 11.5 Å². The molecule has 1 atom stereocenters. The Bertz CT molecular complexity index is 361. The molecular formula is C8H14N2O3S. The molecule has 1 aliphatic heterocycles. The number of carbonyl (C=O) groups is 1. The molecule has 2 fully saturated rings. The van der Waals surface area contributed by atoms with Crippen LogP contribution in [0.15, 0.2) is 0 Å². The summed E-state index contributed by atoms with van der Waals surface area (Å²) in [6.07, 6.45) is 2.34. The summed E-state index contributed by atoms with van der Waals surface area (Å²) in [4.78, 5) is 11.3. The Balaban J connectivity index is 2.19. The molecule has 0 radical (unpaired) electrons. The van der Waals surface area contributed by atoms with Crippen LogP contribution in [0.25, 0.3) is 0 Å². The van der Waals surface area contributed by atoms with E-state index >= 15 is 0 Å². The Labute approximate surface area is 83.0 Å². The normalized spacial score (nSPS) is 35.7. The van der Waals surface area contributed by atoms with E-state index in [2.05, 4.69) is 5.32 Å². The summed E-state index contributed by atoms with van der Waals surface area (Å²) in [7, 11) is -3.08. The summed E-state index contributed by atoms with van der Waals surface area (Å²) < 4.78 is 22.6. The van der Waals surface area contributed by atoms with Gasteiger partial charge in [-0.05, 0) is 19.3 Å². The van der Waals surface area contributed by atoms with Gasteiger partial charge in [-0.3, -0.25) is 10.1 Å². The summed E-state index contributed by atoms with van der Waals surface area (Å²) in [5.41, 5.74) is 4.28. The zero-order valence-electron chi connectivity index (χ0n) is 7.82. The van der Waals surface area contributed by atoms with Crippen molar-refractivity contribution in [1.82, 2.24) is 5.32 Å². The van der Waals surface area contributed by atoms with Gasteiger partial charge in [-0.1, -0.05) is 0 Å². The second-order valence-electron chi connectivity index (χ2n) is 4.21. The first-order chi connectivity index (χ1) is 6.44. The highest BCUT2D eigenvalue weighted by Crippen LogP contribution is 2.29. The molecule has 5 nitrogen and oxygen atoms in total. The van der Waals surface area contributed by atoms with Crippen molar-refractivity contribution in [2.24, 2.45) is 5.73 Å². The summed E-state index contributed by atoms with van der Waals surface area (Å²) in [6, 6.07) is 0.288. The highest BCUT2D eigenvalue weighted by atomic mass is 32.2. The Kier molecular flexibility index (Phi) is 2.08. The van der Waals surface area contributed by atoms with Gasteiger partial charge >= 0.3 is 0 Å². The summed E-state index contributed by atoms with van der Waals surface area (Å²) in [6.45, 7) is 0. The number of sulfone groups is 1. The van der Waals surface area contributed by atoms with Crippen LogP contribution in [-0.2, 0) is 14.6 Å². The first-order valence-electron chi connectivity index (χ1n) is 4.72. The van der Waals surface area contributed by atoms with E-state index in [0.29, 0.717) is 6.42 Å². The van der Waals surface area contributed by atoms with Crippen LogP contribution in [0.4, 0.5) is 0 Å². The van der Waals surface area contributed by atoms with Crippen molar-refractivity contribution in [3.8, 4) is 0 Å². The number of amides is 1. The smallest absolute Gasteiger partial charge is 0.238 e. The van der Waals surface area contributed by atoms with Gasteiger partial charge < -0.3 is 5.73 Å². The standard InChI is InChI=1S/C8H14N2O3S/c9-7(11)8(10-6-1-2-6)3-4-14(12,13)5-8/h6,10H,1-5H2,(H2,9,11). The Morgan fingerprint density at radius 1 is 1.43 bits per heavy atom. The van der Waals surface area contributed by atoms with Crippen LogP contribution in [0.5, 0.6) is 0 Å². The van der Waals surface area contributed by atoms with Gasteiger partial charge in [0.15, 0.2) is 9.84 Å². The lowest BCUT2D eigenvalue weighted by molar-refractivity contribution is -0.123. The van der Waals surface area contributed by atoms with Crippen molar-refractivity contribution in [1.29, 1.82) is 0 Å². The van der Waals surface area contributed by atoms with Crippen LogP contribution >= 0.6 is 0 Å². The lowest BCUT2D eigenvalue weighted by atomic mass is 9.98. The minimum absolute atomic E-state index is 0.0651. The monoisotopic (exact) mass is 218 g/mol. The van der Waals surface area contributed by atoms with Crippen LogP contribution in [-0.4, -0.2) is 37.4 Å². The summed E-state index contributed by atoms with van der Waals surface area (Å²) in [5, 5.41) is 3.07. The number of hydrogen-bond acceptors (Lipinski definition) is 4. The van der Waals surface area contributed by atoms with Crippen LogP contribution in [0.3, 0.4) is 0 Å². The molecular weight excluding hydrogens is 204 g/mol. The van der Waals surface area contributed by atoms with E-state index in [1.54, 1.807) is 0 Å². The number of rotatable bonds is 3. The molecule has 1 saturated carbocycles. The van der Waals surface area contributed by atoms with Gasteiger partial charge in [0.25, 0.3) is 0 Å². The Morgan fingerprint density at radius 2 is 2.07 bits per heavy atom. The zero-order valence-corrected chi connectivity index (χ0v) is 8.64. The molecule has 14 heavy (non-hydrogen) atoms. The third kappa shape index (κ3) is 1.76. The minimum atomic E-state index is -3.08. The van der Waals surface area contributed by atoms with Crippen molar-refractivity contribution < 1.29 is 13.2 Å². The van der Waals surface area contributed by atoms with Crippen molar-refractivity contribution in [2.75, 3.05) is 11.5 Å². The second kappa shape index (κ2) is 2.93. The molecule has 0 aromatic heterocycles. The molecule has 2 aliphatic rings. The van der Waals surface area contributed by atoms with E-state index in [4.69, 9.17) is 5.73 Å². The highest BCUT2D eigenvalue weighted by molar-refractivity contribution is 7.91. The second-order valence-corrected chi connectivity index (χ2v) is 6.39. The van der Waals surface area contributed by atoms with E-state index < -0.39 is 21.3 Å². The predicted molar refractivity (Wildman–Crippen MR) is 51.4 cm³/mol. The van der Waals surface area contributed by atoms with Gasteiger partial charge in [-0.25, -0.2) is 8.42 Å². The van der Waals surface area contributed by atoms with Crippen LogP contribution in [0.1, 0.15) is 19.3 Å². The first kappa shape index (κ1) is 9.92. The molecule has 0 aromatic carbocycles. The molecule has 0 bridgehead atoms. The molecule has 0 spiro atoms. The first-order valence-corrected chi connectivity index (χ1v) is 6.54. The maximum Gasteiger partial charge on any atom is 0.238 e. The maximum atomic E-state index is 11.3. The largest absolute Gasteiger partial charge is 0.368 e. The SMILES string of the molecule is NC(=O)C1(NC2CC2)CCS(=O)(=O)C1. The molecule has 1 aliphatic carbocycles. The van der Waals surface area contributed by atoms with Crippen molar-refractivity contribution in [3.63, 3.8) is 0 Å². The molecule has 1 unspecified atom stereocenters. The molecule has 80 valence electrons. The number of nitrogens with one attached hydrogen (secondary N) is 1. The van der Waals surface area contributed by atoms with E-state index in [-0.39, 0.29) is 17.5 Å². The molecule has 1 amide bonds. The maximum absolute atomic E-state index is 11.3. The van der Waals surface area contributed by atoms with Gasteiger partial charge in [0.1, 0.15) is 5.54 Å². The third-order valence-electron chi connectivity index (χ3n) is 2.84. The summed E-state index contributed by atoms with van der Waals surface area (Å²) in [5.74, 6) is -0.605. The van der Waals surface area contributed by atoms with Crippen molar-refractivity contribution in [3.05, 3.63) is 0 Å². The number of primary amides is 1. The summed E-state index contributed by atoms with van der Waals surface area (Å²) >= 11 is 0. The topological polar surface area (TPSA) is 89.3 Å². The fourth-order valence-electron chi connectivity index (χ4n) is 1.85. The van der Waals surface area contributed by atoms with Crippen LogP contribution in [0, 0.1) is 0 Å². The van der Waals surface area contributed by atoms with Gasteiger partial charge in [-0.15, -0.1) is 0 Å². The number of hydrogen-bond donors (Lipinski definition) is 2. The Hall–Kier alpha value is -0.620. The van der Waals surface area contributed by atoms with Gasteiger partial charge in [-0.2, -0.15) is 0 Å². The van der Waals surface area contributed by atoms with Crippen LogP contribution in [0.2, 0.25) is 0 Å². The lowest BCUT2D eigenvalue weighted by Gasteiger charge is -2.25. The average molecular weight is 218 g/mol. The van der Waals surface area contributed by atoms with Crippen LogP contribution < -0.4 is 11.1 Å². The zero-order chi connectivity index (χ0) is 10.4. The molecule has 2 rings (SSSR count). The molecule has 1 heterocycles. The highest BCUT2D eigenvalue weighted by Gasteiger charge is 2.49. The third-order valence-corrected chi connectivity index (χ3v) is 4.59. The average Bonchev–Trinajstić information content (AvgIpc) is 2.78. The van der Waals surface area contributed by atoms with Crippen molar-refractivity contribution in [2.45, 2.75) is 30.8 Å². The minimum Gasteiger partial charge on any atom is -0.368 e. The van der Waals surface area contributed by atoms with E-state index in [1.165, 1.54) is 0 Å². The van der Waals surface area contributed by atoms with E-state index in [1.807, 2.05) is 0 Å². The fraction of sp³-hybridized carbons (Fsp3) is 0.875. The van der Waals surface area contributed by atoms with Gasteiger partial charge in [0, 0.05) is 6.04 Å². The molecule has 1 saturated heterocycles. The number of nitrogens with two attached hydrogens (primary N) is 1. The van der Waals surface area contributed by atoms with E-state index in [9.17, 15) is 13.2 Å². The predicted octanol–water partition coefficient (Wildman–Crippen LogP) is -1.22. The van der Waals surface area contributed by atoms with Crippen molar-refractivity contribution >= 4 is 15.7 Å². The lowest BCUT2D eigenvalue weighted by Crippen LogP contribution is -2.57. The fourth-order valence-corrected chi connectivity index (χ4v) is 3.77. The molecule has 3 N–H and O–H groups in total. The Morgan fingerprint density at radius 3 is 2.43 bits per heavy atom. The quantitative estimate of drug-likeness (QED) is 0.621. The molecule has 6 heteroatoms. The van der Waals surface area contributed by atoms with Gasteiger partial charge in [0.2, 0.25) is 5.91 Å². The molecule has 0 aromatic rings. The number of carbonyl (C=O) groups excluding carboxylic acids is 1.